The van der Waals surface area contributed by atoms with Crippen molar-refractivity contribution in [2.24, 2.45) is 0 Å². The topological polar surface area (TPSA) is 70.9 Å². The van der Waals surface area contributed by atoms with Crippen LogP contribution in [0, 0.1) is 13.8 Å². The van der Waals surface area contributed by atoms with Crippen LogP contribution in [0.5, 0.6) is 0 Å². The predicted molar refractivity (Wildman–Crippen MR) is 97.2 cm³/mol. The highest BCUT2D eigenvalue weighted by atomic mass is 16.3. The second kappa shape index (κ2) is 6.09. The van der Waals surface area contributed by atoms with Gasteiger partial charge in [-0.2, -0.15) is 0 Å². The molecule has 0 spiro atoms. The van der Waals surface area contributed by atoms with Gasteiger partial charge in [-0.1, -0.05) is 0 Å². The monoisotopic (exact) mass is 333 g/mol. The lowest BCUT2D eigenvalue weighted by Gasteiger charge is -2.10. The van der Waals surface area contributed by atoms with Gasteiger partial charge in [0.05, 0.1) is 11.3 Å². The zero-order valence-corrected chi connectivity index (χ0v) is 14.2. The second-order valence-electron chi connectivity index (χ2n) is 6.27. The lowest BCUT2D eigenvalue weighted by atomic mass is 10.1. The Bertz CT molecular complexity index is 959. The lowest BCUT2D eigenvalue weighted by molar-refractivity contribution is 0.0946. The predicted octanol–water partition coefficient (Wildman–Crippen LogP) is 3.74. The molecule has 0 aliphatic carbocycles. The molecule has 1 aliphatic rings. The average molecular weight is 333 g/mol. The molecule has 4 heterocycles. The van der Waals surface area contributed by atoms with Gasteiger partial charge in [0.2, 0.25) is 0 Å². The number of nitrogens with one attached hydrogen (secondary N) is 2. The number of carbonyl (C=O) groups excluding carboxylic acids is 1. The van der Waals surface area contributed by atoms with E-state index in [9.17, 15) is 4.79 Å². The zero-order chi connectivity index (χ0) is 17.4. The molecule has 0 radical (unpaired) electrons. The molecular weight excluding hydrogens is 314 g/mol. The Balaban J connectivity index is 1.62. The fourth-order valence-corrected chi connectivity index (χ4v) is 3.01. The summed E-state index contributed by atoms with van der Waals surface area (Å²) < 4.78 is 5.65. The SMILES string of the molecule is Cc1cc(/C=C/c2cc(-c3cc4c([nH]3)CCNC4=O)ccn2)oc1C. The number of aromatic nitrogens is 2. The second-order valence-corrected chi connectivity index (χ2v) is 6.27. The number of H-pyrrole nitrogens is 1. The Kier molecular flexibility index (Phi) is 3.76. The molecule has 5 heteroatoms. The van der Waals surface area contributed by atoms with Crippen molar-refractivity contribution in [3.63, 3.8) is 0 Å². The highest BCUT2D eigenvalue weighted by Crippen LogP contribution is 2.24. The van der Waals surface area contributed by atoms with Gasteiger partial charge in [0.1, 0.15) is 11.5 Å². The minimum Gasteiger partial charge on any atom is -0.462 e. The summed E-state index contributed by atoms with van der Waals surface area (Å²) in [5.74, 6) is 1.73. The summed E-state index contributed by atoms with van der Waals surface area (Å²) in [5.41, 5.74) is 5.64. The fourth-order valence-electron chi connectivity index (χ4n) is 3.01. The van der Waals surface area contributed by atoms with Crippen molar-refractivity contribution in [2.45, 2.75) is 20.3 Å². The quantitative estimate of drug-likeness (QED) is 0.767. The first-order valence-electron chi connectivity index (χ1n) is 8.32. The van der Waals surface area contributed by atoms with Gasteiger partial charge in [-0.25, -0.2) is 0 Å². The number of carbonyl (C=O) groups is 1. The molecule has 126 valence electrons. The number of aryl methyl sites for hydroxylation is 2. The van der Waals surface area contributed by atoms with E-state index in [1.165, 1.54) is 0 Å². The maximum absolute atomic E-state index is 11.9. The summed E-state index contributed by atoms with van der Waals surface area (Å²) >= 11 is 0. The number of furan rings is 1. The molecule has 2 N–H and O–H groups in total. The number of fused-ring (bicyclic) bond motifs is 1. The van der Waals surface area contributed by atoms with Crippen molar-refractivity contribution < 1.29 is 9.21 Å². The Labute approximate surface area is 145 Å². The molecule has 5 nitrogen and oxygen atoms in total. The fraction of sp³-hybridized carbons (Fsp3) is 0.200. The van der Waals surface area contributed by atoms with Gasteiger partial charge in [-0.3, -0.25) is 9.78 Å². The average Bonchev–Trinajstić information content (AvgIpc) is 3.18. The van der Waals surface area contributed by atoms with E-state index in [-0.39, 0.29) is 5.91 Å². The third-order valence-corrected chi connectivity index (χ3v) is 4.50. The summed E-state index contributed by atoms with van der Waals surface area (Å²) in [5, 5.41) is 2.87. The number of rotatable bonds is 3. The van der Waals surface area contributed by atoms with Gasteiger partial charge in [-0.05, 0) is 55.8 Å². The number of pyridine rings is 1. The van der Waals surface area contributed by atoms with E-state index in [2.05, 4.69) is 15.3 Å². The summed E-state index contributed by atoms with van der Waals surface area (Å²) in [6.07, 6.45) is 6.44. The summed E-state index contributed by atoms with van der Waals surface area (Å²) in [7, 11) is 0. The first-order chi connectivity index (χ1) is 12.1. The minimum absolute atomic E-state index is 0.0125. The van der Waals surface area contributed by atoms with E-state index in [0.29, 0.717) is 6.54 Å². The standard InChI is InChI=1S/C20H19N3O2/c1-12-9-16(25-13(12)2)4-3-15-10-14(5-7-21-15)19-11-17-18(23-19)6-8-22-20(17)24/h3-5,7,9-11,23H,6,8H2,1-2H3,(H,22,24)/b4-3+. The Hall–Kier alpha value is -3.08. The van der Waals surface area contributed by atoms with E-state index in [4.69, 9.17) is 4.42 Å². The van der Waals surface area contributed by atoms with Crippen LogP contribution in [0.1, 0.15) is 38.8 Å². The van der Waals surface area contributed by atoms with Crippen LogP contribution < -0.4 is 5.32 Å². The number of hydrogen-bond donors (Lipinski definition) is 2. The van der Waals surface area contributed by atoms with Gasteiger partial charge < -0.3 is 14.7 Å². The highest BCUT2D eigenvalue weighted by Gasteiger charge is 2.19. The molecule has 0 bridgehead atoms. The molecule has 0 saturated carbocycles. The third-order valence-electron chi connectivity index (χ3n) is 4.50. The highest BCUT2D eigenvalue weighted by molar-refractivity contribution is 5.97. The lowest BCUT2D eigenvalue weighted by Crippen LogP contribution is -2.31. The van der Waals surface area contributed by atoms with Crippen molar-refractivity contribution in [3.8, 4) is 11.3 Å². The van der Waals surface area contributed by atoms with E-state index in [1.807, 2.05) is 50.3 Å². The van der Waals surface area contributed by atoms with Gasteiger partial charge in [0, 0.05) is 36.1 Å². The van der Waals surface area contributed by atoms with E-state index < -0.39 is 0 Å². The molecule has 3 aromatic heterocycles. The van der Waals surface area contributed by atoms with E-state index >= 15 is 0 Å². The molecule has 4 rings (SSSR count). The first-order valence-corrected chi connectivity index (χ1v) is 8.32. The van der Waals surface area contributed by atoms with Crippen LogP contribution in [-0.4, -0.2) is 22.4 Å². The van der Waals surface area contributed by atoms with Crippen LogP contribution in [0.25, 0.3) is 23.4 Å². The van der Waals surface area contributed by atoms with Gasteiger partial charge in [0.15, 0.2) is 0 Å². The summed E-state index contributed by atoms with van der Waals surface area (Å²) in [6, 6.07) is 7.85. The molecule has 1 aliphatic heterocycles. The van der Waals surface area contributed by atoms with Crippen molar-refractivity contribution >= 4 is 18.1 Å². The van der Waals surface area contributed by atoms with Crippen LogP contribution >= 0.6 is 0 Å². The van der Waals surface area contributed by atoms with Crippen LogP contribution in [-0.2, 0) is 6.42 Å². The smallest absolute Gasteiger partial charge is 0.253 e. The maximum Gasteiger partial charge on any atom is 0.253 e. The Morgan fingerprint density at radius 2 is 2.08 bits per heavy atom. The Morgan fingerprint density at radius 3 is 2.84 bits per heavy atom. The van der Waals surface area contributed by atoms with Gasteiger partial charge >= 0.3 is 0 Å². The van der Waals surface area contributed by atoms with Gasteiger partial charge in [0.25, 0.3) is 5.91 Å². The minimum atomic E-state index is -0.0125. The van der Waals surface area contributed by atoms with Crippen molar-refractivity contribution in [2.75, 3.05) is 6.54 Å². The van der Waals surface area contributed by atoms with Crippen LogP contribution in [0.15, 0.2) is 34.9 Å². The zero-order valence-electron chi connectivity index (χ0n) is 14.2. The van der Waals surface area contributed by atoms with E-state index in [1.54, 1.807) is 6.20 Å². The number of amides is 1. The molecule has 0 atom stereocenters. The van der Waals surface area contributed by atoms with Crippen LogP contribution in [0.2, 0.25) is 0 Å². The van der Waals surface area contributed by atoms with Gasteiger partial charge in [-0.15, -0.1) is 0 Å². The van der Waals surface area contributed by atoms with E-state index in [0.717, 1.165) is 51.7 Å². The molecular formula is C20H19N3O2. The van der Waals surface area contributed by atoms with Crippen LogP contribution in [0.4, 0.5) is 0 Å². The molecule has 25 heavy (non-hydrogen) atoms. The molecule has 3 aromatic rings. The molecule has 0 saturated heterocycles. The van der Waals surface area contributed by atoms with Crippen molar-refractivity contribution in [1.82, 2.24) is 15.3 Å². The number of nitrogens with zero attached hydrogens (tertiary/aromatic N) is 1. The van der Waals surface area contributed by atoms with Crippen molar-refractivity contribution in [1.29, 1.82) is 0 Å². The largest absolute Gasteiger partial charge is 0.462 e. The molecule has 0 fully saturated rings. The van der Waals surface area contributed by atoms with Crippen LogP contribution in [0.3, 0.4) is 0 Å². The normalized spacial score (nSPS) is 13.9. The first kappa shape index (κ1) is 15.4. The van der Waals surface area contributed by atoms with Crippen molar-refractivity contribution in [3.05, 3.63) is 64.5 Å². The Morgan fingerprint density at radius 1 is 1.20 bits per heavy atom. The number of aromatic amines is 1. The summed E-state index contributed by atoms with van der Waals surface area (Å²) in [6.45, 7) is 4.66. The maximum atomic E-state index is 11.9. The third kappa shape index (κ3) is 3.01. The summed E-state index contributed by atoms with van der Waals surface area (Å²) in [4.78, 5) is 19.7. The molecule has 1 amide bonds. The number of hydrogen-bond acceptors (Lipinski definition) is 3. The molecule has 0 aromatic carbocycles. The molecule has 0 unspecified atom stereocenters.